The molecule has 0 radical (unpaired) electrons. The molecule has 0 bridgehead atoms. The first-order valence-corrected chi connectivity index (χ1v) is 8.14. The van der Waals surface area contributed by atoms with E-state index in [-0.39, 0.29) is 17.8 Å². The summed E-state index contributed by atoms with van der Waals surface area (Å²) >= 11 is 0. The van der Waals surface area contributed by atoms with Gasteiger partial charge in [-0.15, -0.1) is 0 Å². The first-order chi connectivity index (χ1) is 11.1. The summed E-state index contributed by atoms with van der Waals surface area (Å²) < 4.78 is 10.2. The summed E-state index contributed by atoms with van der Waals surface area (Å²) in [7, 11) is 1.44. The van der Waals surface area contributed by atoms with Gasteiger partial charge in [0.05, 0.1) is 18.7 Å². The van der Waals surface area contributed by atoms with Crippen LogP contribution >= 0.6 is 0 Å². The zero-order valence-corrected chi connectivity index (χ0v) is 14.3. The van der Waals surface area contributed by atoms with Crippen LogP contribution in [0.4, 0.5) is 0 Å². The first kappa shape index (κ1) is 17.3. The van der Waals surface area contributed by atoms with Crippen LogP contribution in [0, 0.1) is 11.8 Å². The summed E-state index contributed by atoms with van der Waals surface area (Å²) in [6.07, 6.45) is 0.845. The van der Waals surface area contributed by atoms with Gasteiger partial charge in [-0.25, -0.2) is 4.99 Å². The molecule has 0 aliphatic carbocycles. The van der Waals surface area contributed by atoms with E-state index in [0.717, 1.165) is 36.9 Å². The number of hydrogen-bond donors (Lipinski definition) is 1. The molecule has 1 aliphatic rings. The Bertz CT molecular complexity index is 555. The predicted octanol–water partition coefficient (Wildman–Crippen LogP) is 1.44. The van der Waals surface area contributed by atoms with Gasteiger partial charge in [-0.2, -0.15) is 0 Å². The standard InChI is InChI=1S/C16H26N4O3/c1-5-12-7-13(23-19-12)8-18-16(17-6-2)20-9-11(3)14(10-20)15(21)22-4/h7,11,14H,5-6,8-10H2,1-4H3,(H,17,18). The van der Waals surface area contributed by atoms with Crippen LogP contribution in [0.25, 0.3) is 0 Å². The van der Waals surface area contributed by atoms with Crippen LogP contribution in [0.1, 0.15) is 32.2 Å². The number of rotatable bonds is 5. The number of guanidine groups is 1. The molecule has 0 aromatic carbocycles. The normalized spacial score (nSPS) is 21.6. The van der Waals surface area contributed by atoms with Gasteiger partial charge in [0.25, 0.3) is 0 Å². The van der Waals surface area contributed by atoms with E-state index in [1.54, 1.807) is 0 Å². The fraction of sp³-hybridized carbons (Fsp3) is 0.688. The number of aromatic nitrogens is 1. The van der Waals surface area contributed by atoms with Gasteiger partial charge in [-0.05, 0) is 19.3 Å². The molecule has 1 N–H and O–H groups in total. The molecule has 1 aromatic heterocycles. The van der Waals surface area contributed by atoms with E-state index in [1.807, 2.05) is 19.9 Å². The van der Waals surface area contributed by atoms with Gasteiger partial charge in [0, 0.05) is 25.7 Å². The summed E-state index contributed by atoms with van der Waals surface area (Å²) in [5.41, 5.74) is 0.931. The topological polar surface area (TPSA) is 80.0 Å². The van der Waals surface area contributed by atoms with Crippen LogP contribution < -0.4 is 5.32 Å². The number of esters is 1. The number of nitrogens with one attached hydrogen (secondary N) is 1. The number of carbonyl (C=O) groups excluding carboxylic acids is 1. The van der Waals surface area contributed by atoms with Gasteiger partial charge >= 0.3 is 5.97 Å². The number of carbonyl (C=O) groups is 1. The van der Waals surface area contributed by atoms with Gasteiger partial charge in [0.1, 0.15) is 6.54 Å². The molecule has 0 saturated carbocycles. The molecule has 7 heteroatoms. The average molecular weight is 322 g/mol. The monoisotopic (exact) mass is 322 g/mol. The largest absolute Gasteiger partial charge is 0.469 e. The summed E-state index contributed by atoms with van der Waals surface area (Å²) in [5, 5.41) is 7.25. The minimum atomic E-state index is -0.154. The summed E-state index contributed by atoms with van der Waals surface area (Å²) in [4.78, 5) is 18.6. The zero-order chi connectivity index (χ0) is 16.8. The van der Waals surface area contributed by atoms with Gasteiger partial charge in [-0.1, -0.05) is 19.0 Å². The quantitative estimate of drug-likeness (QED) is 0.502. The molecular weight excluding hydrogens is 296 g/mol. The highest BCUT2D eigenvalue weighted by Crippen LogP contribution is 2.24. The van der Waals surface area contributed by atoms with Crippen molar-refractivity contribution in [1.82, 2.24) is 15.4 Å². The number of likely N-dealkylation sites (tertiary alicyclic amines) is 1. The van der Waals surface area contributed by atoms with Crippen molar-refractivity contribution in [2.75, 3.05) is 26.7 Å². The highest BCUT2D eigenvalue weighted by molar-refractivity contribution is 5.82. The minimum Gasteiger partial charge on any atom is -0.469 e. The Balaban J connectivity index is 2.05. The highest BCUT2D eigenvalue weighted by Gasteiger charge is 2.36. The van der Waals surface area contributed by atoms with E-state index in [0.29, 0.717) is 13.1 Å². The van der Waals surface area contributed by atoms with Crippen molar-refractivity contribution < 1.29 is 14.1 Å². The summed E-state index contributed by atoms with van der Waals surface area (Å²) in [6.45, 7) is 8.73. The lowest BCUT2D eigenvalue weighted by molar-refractivity contribution is -0.145. The Morgan fingerprint density at radius 2 is 2.30 bits per heavy atom. The lowest BCUT2D eigenvalue weighted by atomic mass is 9.99. The van der Waals surface area contributed by atoms with Gasteiger partial charge < -0.3 is 19.5 Å². The van der Waals surface area contributed by atoms with E-state index in [2.05, 4.69) is 27.3 Å². The number of nitrogens with zero attached hydrogens (tertiary/aromatic N) is 3. The number of ether oxygens (including phenoxy) is 1. The maximum Gasteiger partial charge on any atom is 0.310 e. The van der Waals surface area contributed by atoms with Crippen molar-refractivity contribution in [3.8, 4) is 0 Å². The molecule has 0 amide bonds. The van der Waals surface area contributed by atoms with Crippen LogP contribution in [-0.4, -0.2) is 48.7 Å². The molecule has 1 aromatic rings. The molecule has 128 valence electrons. The maximum atomic E-state index is 11.8. The molecule has 2 atom stereocenters. The first-order valence-electron chi connectivity index (χ1n) is 8.14. The Hall–Kier alpha value is -2.05. The second kappa shape index (κ2) is 7.99. The Morgan fingerprint density at radius 1 is 1.52 bits per heavy atom. The highest BCUT2D eigenvalue weighted by atomic mass is 16.5. The molecule has 1 saturated heterocycles. The molecule has 0 spiro atoms. The van der Waals surface area contributed by atoms with E-state index >= 15 is 0 Å². The second-order valence-electron chi connectivity index (χ2n) is 5.82. The van der Waals surface area contributed by atoms with Gasteiger partial charge in [0.15, 0.2) is 11.7 Å². The lowest BCUT2D eigenvalue weighted by Gasteiger charge is -2.21. The second-order valence-corrected chi connectivity index (χ2v) is 5.82. The third-order valence-corrected chi connectivity index (χ3v) is 4.11. The Kier molecular flexibility index (Phi) is 6.01. The van der Waals surface area contributed by atoms with Crippen LogP contribution in [0.15, 0.2) is 15.6 Å². The molecular formula is C16H26N4O3. The molecule has 1 aliphatic heterocycles. The number of hydrogen-bond acceptors (Lipinski definition) is 5. The molecule has 7 nitrogen and oxygen atoms in total. The zero-order valence-electron chi connectivity index (χ0n) is 14.3. The van der Waals surface area contributed by atoms with Gasteiger partial charge in [-0.3, -0.25) is 4.79 Å². The lowest BCUT2D eigenvalue weighted by Crippen LogP contribution is -2.40. The summed E-state index contributed by atoms with van der Waals surface area (Å²) in [5.74, 6) is 1.51. The van der Waals surface area contributed by atoms with Crippen LogP contribution in [0.2, 0.25) is 0 Å². The SMILES string of the molecule is CCNC(=NCc1cc(CC)no1)N1CC(C)C(C(=O)OC)C1. The van der Waals surface area contributed by atoms with Crippen LogP contribution in [0.5, 0.6) is 0 Å². The minimum absolute atomic E-state index is 0.110. The van der Waals surface area contributed by atoms with Crippen molar-refractivity contribution in [2.45, 2.75) is 33.7 Å². The van der Waals surface area contributed by atoms with Crippen molar-refractivity contribution in [2.24, 2.45) is 16.8 Å². The fourth-order valence-electron chi connectivity index (χ4n) is 2.77. The molecule has 1 fully saturated rings. The maximum absolute atomic E-state index is 11.8. The third kappa shape index (κ3) is 4.24. The Labute approximate surface area is 137 Å². The third-order valence-electron chi connectivity index (χ3n) is 4.11. The molecule has 23 heavy (non-hydrogen) atoms. The average Bonchev–Trinajstić information content (AvgIpc) is 3.17. The number of methoxy groups -OCH3 is 1. The van der Waals surface area contributed by atoms with Gasteiger partial charge in [0.2, 0.25) is 0 Å². The van der Waals surface area contributed by atoms with Crippen molar-refractivity contribution >= 4 is 11.9 Å². The molecule has 2 heterocycles. The fourth-order valence-corrected chi connectivity index (χ4v) is 2.77. The summed E-state index contributed by atoms with van der Waals surface area (Å²) in [6, 6.07) is 1.93. The molecule has 2 rings (SSSR count). The van der Waals surface area contributed by atoms with Crippen LogP contribution in [-0.2, 0) is 22.5 Å². The van der Waals surface area contributed by atoms with E-state index in [9.17, 15) is 4.79 Å². The number of aryl methyl sites for hydroxylation is 1. The number of aliphatic imine (C=N–C) groups is 1. The Morgan fingerprint density at radius 3 is 2.91 bits per heavy atom. The van der Waals surface area contributed by atoms with Crippen molar-refractivity contribution in [3.05, 3.63) is 17.5 Å². The van der Waals surface area contributed by atoms with Crippen molar-refractivity contribution in [3.63, 3.8) is 0 Å². The predicted molar refractivity (Wildman–Crippen MR) is 86.9 cm³/mol. The van der Waals surface area contributed by atoms with E-state index in [1.165, 1.54) is 7.11 Å². The van der Waals surface area contributed by atoms with Crippen molar-refractivity contribution in [1.29, 1.82) is 0 Å². The van der Waals surface area contributed by atoms with E-state index in [4.69, 9.17) is 9.26 Å². The smallest absolute Gasteiger partial charge is 0.310 e. The van der Waals surface area contributed by atoms with E-state index < -0.39 is 0 Å². The van der Waals surface area contributed by atoms with Crippen LogP contribution in [0.3, 0.4) is 0 Å². The molecule has 2 unspecified atom stereocenters.